The minimum absolute atomic E-state index is 0. The molecule has 0 aromatic carbocycles. The van der Waals surface area contributed by atoms with E-state index in [1.165, 1.54) is 0 Å². The summed E-state index contributed by atoms with van der Waals surface area (Å²) in [7, 11) is -2.17. The number of rotatable bonds is 0. The molecule has 0 amide bonds. The van der Waals surface area contributed by atoms with Crippen LogP contribution in [0.15, 0.2) is 0 Å². The first kappa shape index (κ1) is 33.3. The molecule has 0 aromatic heterocycles. The zero-order valence-electron chi connectivity index (χ0n) is 3.64. The first-order chi connectivity index (χ1) is 1.73. The summed E-state index contributed by atoms with van der Waals surface area (Å²) in [6, 6.07) is 0. The van der Waals surface area contributed by atoms with Gasteiger partial charge in [0.1, 0.15) is 0 Å². The molecule has 0 aliphatic rings. The molecule has 0 aliphatic heterocycles. The molecule has 0 bridgehead atoms. The third-order valence-electron chi connectivity index (χ3n) is 0. The molecule has 0 saturated heterocycles. The van der Waals surface area contributed by atoms with Crippen LogP contribution < -0.4 is 0 Å². The van der Waals surface area contributed by atoms with E-state index in [-0.39, 0.29) is 63.1 Å². The molecule has 0 radical (unpaired) electrons. The van der Waals surface area contributed by atoms with Gasteiger partial charge in [-0.3, -0.25) is 0 Å². The zero-order valence-corrected chi connectivity index (χ0v) is 9.69. The standard InChI is InChI=1S/BH3O3.3ClH.Hf/c2-1(3)4;;;;/h2-4H;3*1H;. The molecule has 8 heavy (non-hydrogen) atoms. The van der Waals surface area contributed by atoms with E-state index < -0.39 is 7.32 Å². The van der Waals surface area contributed by atoms with E-state index in [0.717, 1.165) is 0 Å². The molecule has 0 aliphatic carbocycles. The van der Waals surface area contributed by atoms with Gasteiger partial charge >= 0.3 is 7.32 Å². The summed E-state index contributed by atoms with van der Waals surface area (Å²) in [5.41, 5.74) is 0. The van der Waals surface area contributed by atoms with Gasteiger partial charge in [-0.05, 0) is 0 Å². The molecule has 0 spiro atoms. The van der Waals surface area contributed by atoms with Crippen LogP contribution in [0.25, 0.3) is 0 Å². The van der Waals surface area contributed by atoms with E-state index in [1.54, 1.807) is 0 Å². The fraction of sp³-hybridized carbons (Fsp3) is 0. The minimum atomic E-state index is -2.17. The Bertz CT molecular complexity index is 19.2. The summed E-state index contributed by atoms with van der Waals surface area (Å²) in [6.45, 7) is 0. The van der Waals surface area contributed by atoms with Crippen molar-refractivity contribution < 1.29 is 40.9 Å². The third-order valence-corrected chi connectivity index (χ3v) is 0. The maximum absolute atomic E-state index is 7.17. The Morgan fingerprint density at radius 3 is 0.750 bits per heavy atom. The Morgan fingerprint density at radius 2 is 0.750 bits per heavy atom. The smallest absolute Gasteiger partial charge is 0.402 e. The first-order valence-corrected chi connectivity index (χ1v) is 0.775. The Labute approximate surface area is 85.1 Å². The topological polar surface area (TPSA) is 60.7 Å². The molecule has 0 heterocycles. The fourth-order valence-electron chi connectivity index (χ4n) is 0. The van der Waals surface area contributed by atoms with Gasteiger partial charge in [0.25, 0.3) is 0 Å². The quantitative estimate of drug-likeness (QED) is 0.502. The van der Waals surface area contributed by atoms with Gasteiger partial charge in [-0.2, -0.15) is 0 Å². The van der Waals surface area contributed by atoms with Gasteiger partial charge in [-0.1, -0.05) is 0 Å². The molecule has 8 heteroatoms. The predicted octanol–water partition coefficient (Wildman–Crippen LogP) is -0.789. The Kier molecular flexibility index (Phi) is 97.2. The van der Waals surface area contributed by atoms with Crippen molar-refractivity contribution in [3.05, 3.63) is 0 Å². The van der Waals surface area contributed by atoms with Gasteiger partial charge in [0.05, 0.1) is 0 Å². The summed E-state index contributed by atoms with van der Waals surface area (Å²) in [6.07, 6.45) is 0. The van der Waals surface area contributed by atoms with Gasteiger partial charge in [0, 0.05) is 25.8 Å². The Balaban J connectivity index is -0.00000000750. The van der Waals surface area contributed by atoms with Crippen molar-refractivity contribution in [2.75, 3.05) is 0 Å². The van der Waals surface area contributed by atoms with Crippen LogP contribution in [-0.4, -0.2) is 22.4 Å². The first-order valence-electron chi connectivity index (χ1n) is 0.775. The van der Waals surface area contributed by atoms with Crippen LogP contribution in [0.4, 0.5) is 0 Å². The van der Waals surface area contributed by atoms with E-state index in [0.29, 0.717) is 0 Å². The van der Waals surface area contributed by atoms with E-state index in [9.17, 15) is 0 Å². The summed E-state index contributed by atoms with van der Waals surface area (Å²) >= 11 is 0. The second-order valence-corrected chi connectivity index (χ2v) is 0.346. The monoisotopic (exact) mass is 350 g/mol. The second-order valence-electron chi connectivity index (χ2n) is 0.346. The normalized spacial score (nSPS) is 3.38. The van der Waals surface area contributed by atoms with Crippen molar-refractivity contribution in [1.29, 1.82) is 0 Å². The van der Waals surface area contributed by atoms with E-state index >= 15 is 0 Å². The largest absolute Gasteiger partial charge is 0.631 e. The van der Waals surface area contributed by atoms with Crippen molar-refractivity contribution in [1.82, 2.24) is 0 Å². The maximum atomic E-state index is 7.17. The maximum Gasteiger partial charge on any atom is 0.631 e. The van der Waals surface area contributed by atoms with E-state index in [2.05, 4.69) is 0 Å². The summed E-state index contributed by atoms with van der Waals surface area (Å²) in [5.74, 6) is 0. The second kappa shape index (κ2) is 23.4. The van der Waals surface area contributed by atoms with Crippen molar-refractivity contribution >= 4 is 44.5 Å². The van der Waals surface area contributed by atoms with Gasteiger partial charge in [0.2, 0.25) is 0 Å². The number of hydrogen-bond donors (Lipinski definition) is 3. The predicted molar refractivity (Wildman–Crippen MR) is 34.2 cm³/mol. The number of halogens is 3. The van der Waals surface area contributed by atoms with Crippen molar-refractivity contribution in [3.8, 4) is 0 Å². The SMILES string of the molecule is Cl.Cl.Cl.OB(O)O.[Hf]. The van der Waals surface area contributed by atoms with Crippen molar-refractivity contribution in [2.24, 2.45) is 0 Å². The van der Waals surface area contributed by atoms with Crippen LogP contribution in [0.3, 0.4) is 0 Å². The molecule has 0 fully saturated rings. The van der Waals surface area contributed by atoms with Crippen LogP contribution in [0.5, 0.6) is 0 Å². The van der Waals surface area contributed by atoms with Crippen LogP contribution in [0.2, 0.25) is 0 Å². The average Bonchev–Trinajstić information content (AvgIpc) is 0.811. The van der Waals surface area contributed by atoms with Gasteiger partial charge < -0.3 is 15.1 Å². The third kappa shape index (κ3) is 121. The molecule has 52 valence electrons. The molecule has 0 atom stereocenters. The Morgan fingerprint density at radius 1 is 0.750 bits per heavy atom. The summed E-state index contributed by atoms with van der Waals surface area (Å²) in [4.78, 5) is 0. The van der Waals surface area contributed by atoms with Crippen LogP contribution in [0.1, 0.15) is 0 Å². The molecule has 0 unspecified atom stereocenters. The number of hydrogen-bond acceptors (Lipinski definition) is 3. The van der Waals surface area contributed by atoms with Crippen molar-refractivity contribution in [2.45, 2.75) is 0 Å². The average molecular weight is 350 g/mol. The molecular weight excluding hydrogens is 344 g/mol. The summed E-state index contributed by atoms with van der Waals surface area (Å²) < 4.78 is 0. The zero-order chi connectivity index (χ0) is 3.58. The Hall–Kier alpha value is 1.69. The van der Waals surface area contributed by atoms with Crippen LogP contribution in [-0.2, 0) is 25.8 Å². The van der Waals surface area contributed by atoms with Gasteiger partial charge in [-0.15, -0.1) is 37.2 Å². The molecule has 0 aromatic rings. The molecule has 3 nitrogen and oxygen atoms in total. The molecule has 3 N–H and O–H groups in total. The van der Waals surface area contributed by atoms with Crippen molar-refractivity contribution in [3.63, 3.8) is 0 Å². The van der Waals surface area contributed by atoms with Gasteiger partial charge in [-0.25, -0.2) is 0 Å². The van der Waals surface area contributed by atoms with E-state index in [4.69, 9.17) is 15.1 Å². The van der Waals surface area contributed by atoms with E-state index in [1.807, 2.05) is 0 Å². The molecule has 0 rings (SSSR count). The van der Waals surface area contributed by atoms with Gasteiger partial charge in [0.15, 0.2) is 0 Å². The molecule has 0 saturated carbocycles. The summed E-state index contributed by atoms with van der Waals surface area (Å²) in [5, 5.41) is 21.5. The van der Waals surface area contributed by atoms with Crippen LogP contribution in [0, 0.1) is 0 Å². The molecular formula is H6BCl3HfO3. The fourth-order valence-corrected chi connectivity index (χ4v) is 0. The van der Waals surface area contributed by atoms with Crippen LogP contribution >= 0.6 is 37.2 Å². The minimum Gasteiger partial charge on any atom is -0.402 e.